The molecule has 4 nitrogen and oxygen atoms in total. The maximum absolute atomic E-state index is 8.49. The van der Waals surface area contributed by atoms with Gasteiger partial charge in [-0.3, -0.25) is 0 Å². The second kappa shape index (κ2) is 10.0. The van der Waals surface area contributed by atoms with Crippen LogP contribution in [0.25, 0.3) is 0 Å². The monoisotopic (exact) mass is 308 g/mol. The predicted octanol–water partition coefficient (Wildman–Crippen LogP) is 1.03. The molecule has 6 heteroatoms. The summed E-state index contributed by atoms with van der Waals surface area (Å²) in [5.41, 5.74) is 0. The summed E-state index contributed by atoms with van der Waals surface area (Å²) in [7, 11) is 2.96. The van der Waals surface area contributed by atoms with Crippen LogP contribution in [-0.2, 0) is 13.7 Å². The highest BCUT2D eigenvalue weighted by atomic mass is 127. The van der Waals surface area contributed by atoms with Gasteiger partial charge in [0.05, 0.1) is 42.8 Å². The summed E-state index contributed by atoms with van der Waals surface area (Å²) in [6.45, 7) is 1.89. The lowest BCUT2D eigenvalue weighted by Gasteiger charge is -2.20. The number of rotatable bonds is 2. The molecule has 1 fully saturated rings. The van der Waals surface area contributed by atoms with E-state index in [1.54, 1.807) is 7.11 Å². The van der Waals surface area contributed by atoms with Gasteiger partial charge in [-0.25, -0.2) is 0 Å². The molecule has 1 unspecified atom stereocenters. The van der Waals surface area contributed by atoms with E-state index in [9.17, 15) is 0 Å². The Labute approximate surface area is 88.7 Å². The van der Waals surface area contributed by atoms with Crippen molar-refractivity contribution in [3.63, 3.8) is 0 Å². The first-order chi connectivity index (χ1) is 5.85. The highest BCUT2D eigenvalue weighted by Crippen LogP contribution is 2.08. The zero-order valence-corrected chi connectivity index (χ0v) is 9.84. The number of aliphatic hydroxyl groups excluding tert-OH is 1. The van der Waals surface area contributed by atoms with Crippen molar-refractivity contribution in [3.8, 4) is 0 Å². The Kier molecular flexibility index (Phi) is 10.8. The fourth-order valence-corrected chi connectivity index (χ4v) is 0.642. The van der Waals surface area contributed by atoms with E-state index >= 15 is 0 Å². The highest BCUT2D eigenvalue weighted by molar-refractivity contribution is 14.2. The molecule has 0 spiro atoms. The normalized spacial score (nSPS) is 22.8. The summed E-state index contributed by atoms with van der Waals surface area (Å²) in [4.78, 5) is 0. The molecule has 74 valence electrons. The van der Waals surface area contributed by atoms with E-state index in [0.717, 1.165) is 0 Å². The van der Waals surface area contributed by atoms with Crippen molar-refractivity contribution in [2.45, 2.75) is 6.10 Å². The molecule has 12 heavy (non-hydrogen) atoms. The third kappa shape index (κ3) is 7.56. The van der Waals surface area contributed by atoms with Gasteiger partial charge in [0.1, 0.15) is 6.10 Å². The summed E-state index contributed by atoms with van der Waals surface area (Å²) in [6.07, 6.45) is -0.0799. The Balaban J connectivity index is 0.000000261. The van der Waals surface area contributed by atoms with E-state index in [4.69, 9.17) is 14.6 Å². The molecular weight excluding hydrogens is 295 g/mol. The van der Waals surface area contributed by atoms with E-state index in [1.165, 1.54) is 9.21 Å². The molecule has 0 bridgehead atoms. The van der Waals surface area contributed by atoms with Gasteiger partial charge in [0.25, 0.3) is 0 Å². The number of ether oxygens (including phenoxy) is 2. The molecule has 1 N–H and O–H groups in total. The third-order valence-electron chi connectivity index (χ3n) is 1.15. The van der Waals surface area contributed by atoms with E-state index < -0.39 is 0 Å². The molecule has 0 aliphatic carbocycles. The van der Waals surface area contributed by atoms with Gasteiger partial charge in [0.2, 0.25) is 0 Å². The van der Waals surface area contributed by atoms with Crippen LogP contribution >= 0.6 is 30.4 Å². The quantitative estimate of drug-likeness (QED) is 0.610. The Morgan fingerprint density at radius 3 is 2.58 bits per heavy atom. The lowest BCUT2D eigenvalue weighted by molar-refractivity contribution is -0.105. The van der Waals surface area contributed by atoms with Crippen LogP contribution < -0.4 is 0 Å². The average Bonchev–Trinajstić information content (AvgIpc) is 2.19. The molecule has 1 aliphatic heterocycles. The van der Waals surface area contributed by atoms with E-state index in [2.05, 4.69) is 4.18 Å². The Morgan fingerprint density at radius 2 is 2.33 bits per heavy atom. The average molecular weight is 308 g/mol. The zero-order valence-electron chi connectivity index (χ0n) is 6.86. The van der Waals surface area contributed by atoms with Crippen LogP contribution in [0.1, 0.15) is 0 Å². The van der Waals surface area contributed by atoms with Crippen molar-refractivity contribution in [1.82, 2.24) is 0 Å². The first kappa shape index (κ1) is 12.9. The molecule has 1 rings (SSSR count). The minimum Gasteiger partial charge on any atom is -0.394 e. The van der Waals surface area contributed by atoms with Crippen LogP contribution in [-0.4, -0.2) is 44.7 Å². The fraction of sp³-hybridized carbons (Fsp3) is 1.00. The van der Waals surface area contributed by atoms with Crippen LogP contribution in [0.3, 0.4) is 0 Å². The summed E-state index contributed by atoms with van der Waals surface area (Å²) in [6, 6.07) is 0. The van der Waals surface area contributed by atoms with Gasteiger partial charge in [-0.05, 0) is 0 Å². The van der Waals surface area contributed by atoms with Gasteiger partial charge in [0.15, 0.2) is 0 Å². The van der Waals surface area contributed by atoms with E-state index in [1.807, 2.05) is 21.2 Å². The van der Waals surface area contributed by atoms with E-state index in [0.29, 0.717) is 19.8 Å². The first-order valence-corrected chi connectivity index (χ1v) is 6.75. The summed E-state index contributed by atoms with van der Waals surface area (Å²) in [5.74, 6) is 0. The van der Waals surface area contributed by atoms with Gasteiger partial charge in [-0.2, -0.15) is 0 Å². The third-order valence-corrected chi connectivity index (χ3v) is 2.36. The molecule has 0 aromatic heterocycles. The summed E-state index contributed by atoms with van der Waals surface area (Å²) in [5, 5.41) is 8.49. The molecule has 1 atom stereocenters. The lowest BCUT2D eigenvalue weighted by Crippen LogP contribution is -2.31. The SMILES string of the molecule is COSI.OCC1COCCO1. The van der Waals surface area contributed by atoms with Gasteiger partial charge in [0, 0.05) is 21.2 Å². The Hall–Kier alpha value is 0.920. The molecule has 0 aromatic carbocycles. The standard InChI is InChI=1S/C5H10O3.CH3IOS/c6-3-5-4-7-1-2-8-5;1-3-4-2/h5-6H,1-4H2;1H3. The molecule has 1 heterocycles. The fourth-order valence-electron chi connectivity index (χ4n) is 0.642. The highest BCUT2D eigenvalue weighted by Gasteiger charge is 2.11. The molecule has 1 aliphatic rings. The molecule has 1 saturated heterocycles. The van der Waals surface area contributed by atoms with E-state index in [-0.39, 0.29) is 12.7 Å². The number of aliphatic hydroxyl groups is 1. The number of halogens is 1. The van der Waals surface area contributed by atoms with Crippen LogP contribution in [0.5, 0.6) is 0 Å². The summed E-state index contributed by atoms with van der Waals surface area (Å²) >= 11 is 2.05. The van der Waals surface area contributed by atoms with Crippen molar-refractivity contribution in [2.75, 3.05) is 33.5 Å². The van der Waals surface area contributed by atoms with Gasteiger partial charge in [-0.15, -0.1) is 0 Å². The van der Waals surface area contributed by atoms with Gasteiger partial charge in [-0.1, -0.05) is 0 Å². The van der Waals surface area contributed by atoms with Crippen LogP contribution in [0, 0.1) is 0 Å². The number of hydrogen-bond acceptors (Lipinski definition) is 5. The van der Waals surface area contributed by atoms with Crippen LogP contribution in [0.4, 0.5) is 0 Å². The predicted molar refractivity (Wildman–Crippen MR) is 56.3 cm³/mol. The minimum absolute atomic E-state index is 0.0694. The Morgan fingerprint density at radius 1 is 1.67 bits per heavy atom. The zero-order chi connectivity index (χ0) is 9.23. The Bertz CT molecular complexity index is 87.6. The smallest absolute Gasteiger partial charge is 0.104 e. The lowest BCUT2D eigenvalue weighted by atomic mass is 10.4. The maximum Gasteiger partial charge on any atom is 0.104 e. The topological polar surface area (TPSA) is 47.9 Å². The first-order valence-electron chi connectivity index (χ1n) is 3.46. The van der Waals surface area contributed by atoms with Crippen molar-refractivity contribution >= 4 is 30.4 Å². The molecule has 0 radical (unpaired) electrons. The second-order valence-corrected chi connectivity index (χ2v) is 3.52. The molecule has 0 aromatic rings. The van der Waals surface area contributed by atoms with Crippen molar-refractivity contribution in [2.24, 2.45) is 0 Å². The van der Waals surface area contributed by atoms with Crippen LogP contribution in [0.15, 0.2) is 0 Å². The number of hydrogen-bond donors (Lipinski definition) is 1. The molecule has 0 saturated carbocycles. The van der Waals surface area contributed by atoms with Gasteiger partial charge < -0.3 is 18.8 Å². The van der Waals surface area contributed by atoms with Gasteiger partial charge >= 0.3 is 0 Å². The maximum atomic E-state index is 8.49. The molecular formula is C6H13IO4S. The summed E-state index contributed by atoms with van der Waals surface area (Å²) < 4.78 is 14.5. The van der Waals surface area contributed by atoms with Crippen LogP contribution in [0.2, 0.25) is 0 Å². The van der Waals surface area contributed by atoms with Crippen molar-refractivity contribution < 1.29 is 18.8 Å². The van der Waals surface area contributed by atoms with Crippen molar-refractivity contribution in [3.05, 3.63) is 0 Å². The largest absolute Gasteiger partial charge is 0.394 e. The minimum atomic E-state index is -0.0799. The second-order valence-electron chi connectivity index (χ2n) is 1.98. The molecule has 0 amide bonds. The van der Waals surface area contributed by atoms with Crippen molar-refractivity contribution in [1.29, 1.82) is 0 Å².